The van der Waals surface area contributed by atoms with Crippen molar-refractivity contribution < 1.29 is 33.5 Å². The van der Waals surface area contributed by atoms with Crippen molar-refractivity contribution in [3.8, 4) is 0 Å². The number of esters is 1. The molecule has 0 aromatic carbocycles. The first-order valence-electron chi connectivity index (χ1n) is 6.91. The molecule has 11 nitrogen and oxygen atoms in total. The Morgan fingerprint density at radius 3 is 2.48 bits per heavy atom. The number of amides is 2. The molecule has 0 aliphatic carbocycles. The molecular formula is C12H16N4O7. The highest BCUT2D eigenvalue weighted by Gasteiger charge is 2.33. The van der Waals surface area contributed by atoms with Crippen LogP contribution in [-0.2, 0) is 28.7 Å². The summed E-state index contributed by atoms with van der Waals surface area (Å²) < 4.78 is 9.05. The molecule has 0 saturated carbocycles. The minimum absolute atomic E-state index is 0.0270. The molecule has 0 aromatic rings. The lowest BCUT2D eigenvalue weighted by atomic mass is 10.2. The number of hydroxylamine groups is 2. The van der Waals surface area contributed by atoms with Gasteiger partial charge in [0.1, 0.15) is 0 Å². The number of azide groups is 1. The van der Waals surface area contributed by atoms with Gasteiger partial charge in [0.05, 0.1) is 0 Å². The van der Waals surface area contributed by atoms with Gasteiger partial charge < -0.3 is 9.47 Å². The molecule has 0 spiro atoms. The molecule has 0 bridgehead atoms. The van der Waals surface area contributed by atoms with E-state index < -0.39 is 30.7 Å². The van der Waals surface area contributed by atoms with Crippen molar-refractivity contribution in [2.75, 3.05) is 13.3 Å². The highest BCUT2D eigenvalue weighted by molar-refractivity contribution is 6.01. The molecule has 0 aromatic heterocycles. The zero-order valence-corrected chi connectivity index (χ0v) is 12.3. The van der Waals surface area contributed by atoms with Crippen LogP contribution in [0.4, 0.5) is 4.79 Å². The van der Waals surface area contributed by atoms with Crippen LogP contribution in [0, 0.1) is 0 Å². The zero-order chi connectivity index (χ0) is 17.1. The van der Waals surface area contributed by atoms with Gasteiger partial charge in [-0.1, -0.05) is 16.6 Å². The van der Waals surface area contributed by atoms with E-state index >= 15 is 0 Å². The molecule has 0 atom stereocenters. The Hall–Kier alpha value is -2.81. The van der Waals surface area contributed by atoms with E-state index in [-0.39, 0.29) is 19.3 Å². The van der Waals surface area contributed by atoms with Gasteiger partial charge in [0.25, 0.3) is 11.8 Å². The van der Waals surface area contributed by atoms with Gasteiger partial charge >= 0.3 is 12.1 Å². The summed E-state index contributed by atoms with van der Waals surface area (Å²) in [6.45, 7) is -0.305. The second-order valence-electron chi connectivity index (χ2n) is 4.47. The molecule has 1 fully saturated rings. The SMILES string of the molecule is [N-]=[N+]=NCCCCCC(=O)OCOC(=O)ON1C(=O)CCC1=O. The Balaban J connectivity index is 2.07. The fourth-order valence-electron chi connectivity index (χ4n) is 1.65. The van der Waals surface area contributed by atoms with Crippen LogP contribution in [0.5, 0.6) is 0 Å². The summed E-state index contributed by atoms with van der Waals surface area (Å²) in [6, 6.07) is 0. The minimum atomic E-state index is -1.31. The topological polar surface area (TPSA) is 148 Å². The van der Waals surface area contributed by atoms with Crippen molar-refractivity contribution in [2.24, 2.45) is 5.11 Å². The largest absolute Gasteiger partial charge is 0.536 e. The van der Waals surface area contributed by atoms with Gasteiger partial charge in [-0.15, -0.1) is 0 Å². The van der Waals surface area contributed by atoms with Crippen LogP contribution in [0.25, 0.3) is 10.4 Å². The fraction of sp³-hybridized carbons (Fsp3) is 0.667. The molecule has 1 aliphatic heterocycles. The van der Waals surface area contributed by atoms with Crippen LogP contribution in [-0.4, -0.2) is 42.3 Å². The van der Waals surface area contributed by atoms with E-state index in [0.29, 0.717) is 30.9 Å². The van der Waals surface area contributed by atoms with Gasteiger partial charge in [-0.2, -0.15) is 0 Å². The highest BCUT2D eigenvalue weighted by Crippen LogP contribution is 2.12. The van der Waals surface area contributed by atoms with Crippen molar-refractivity contribution in [1.29, 1.82) is 0 Å². The molecule has 1 saturated heterocycles. The van der Waals surface area contributed by atoms with E-state index in [1.807, 2.05) is 0 Å². The predicted octanol–water partition coefficient (Wildman–Crippen LogP) is 1.58. The van der Waals surface area contributed by atoms with Crippen molar-refractivity contribution in [3.05, 3.63) is 10.4 Å². The van der Waals surface area contributed by atoms with Gasteiger partial charge in [-0.05, 0) is 18.4 Å². The number of hydrogen-bond acceptors (Lipinski definition) is 8. The first-order chi connectivity index (χ1) is 11.0. The quantitative estimate of drug-likeness (QED) is 0.119. The summed E-state index contributed by atoms with van der Waals surface area (Å²) in [5, 5.41) is 3.68. The van der Waals surface area contributed by atoms with Crippen molar-refractivity contribution in [3.63, 3.8) is 0 Å². The summed E-state index contributed by atoms with van der Waals surface area (Å²) in [6.07, 6.45) is 0.657. The molecule has 2 amide bonds. The Labute approximate surface area is 131 Å². The van der Waals surface area contributed by atoms with E-state index in [1.165, 1.54) is 0 Å². The van der Waals surface area contributed by atoms with Crippen molar-refractivity contribution in [1.82, 2.24) is 5.06 Å². The standard InChI is InChI=1S/C12H16N4O7/c13-15-14-7-3-1-2-4-11(19)21-8-22-12(20)23-16-9(17)5-6-10(16)18/h1-8H2. The molecular weight excluding hydrogens is 312 g/mol. The lowest BCUT2D eigenvalue weighted by Crippen LogP contribution is -2.32. The summed E-state index contributed by atoms with van der Waals surface area (Å²) in [5.41, 5.74) is 8.06. The van der Waals surface area contributed by atoms with Gasteiger partial charge in [0.2, 0.25) is 6.79 Å². The van der Waals surface area contributed by atoms with Crippen LogP contribution >= 0.6 is 0 Å². The zero-order valence-electron chi connectivity index (χ0n) is 12.3. The lowest BCUT2D eigenvalue weighted by Gasteiger charge is -2.12. The molecule has 1 heterocycles. The predicted molar refractivity (Wildman–Crippen MR) is 72.1 cm³/mol. The number of carbonyl (C=O) groups excluding carboxylic acids is 4. The van der Waals surface area contributed by atoms with Crippen LogP contribution in [0.1, 0.15) is 38.5 Å². The molecule has 126 valence electrons. The number of ether oxygens (including phenoxy) is 2. The number of carbonyl (C=O) groups is 4. The Morgan fingerprint density at radius 2 is 1.83 bits per heavy atom. The first-order valence-corrected chi connectivity index (χ1v) is 6.91. The maximum Gasteiger partial charge on any atom is 0.536 e. The summed E-state index contributed by atoms with van der Waals surface area (Å²) in [4.78, 5) is 51.9. The number of unbranched alkanes of at least 4 members (excludes halogenated alkanes) is 2. The second kappa shape index (κ2) is 10.0. The molecule has 1 rings (SSSR count). The van der Waals surface area contributed by atoms with Gasteiger partial charge in [0.15, 0.2) is 0 Å². The van der Waals surface area contributed by atoms with E-state index in [9.17, 15) is 19.2 Å². The van der Waals surface area contributed by atoms with Crippen molar-refractivity contribution >= 4 is 23.9 Å². The Morgan fingerprint density at radius 1 is 1.13 bits per heavy atom. The van der Waals surface area contributed by atoms with Gasteiger partial charge in [-0.3, -0.25) is 19.2 Å². The van der Waals surface area contributed by atoms with E-state index in [0.717, 1.165) is 0 Å². The smallest absolute Gasteiger partial charge is 0.428 e. The van der Waals surface area contributed by atoms with Crippen LogP contribution < -0.4 is 0 Å². The third kappa shape index (κ3) is 7.14. The van der Waals surface area contributed by atoms with E-state index in [1.54, 1.807) is 0 Å². The number of imide groups is 1. The van der Waals surface area contributed by atoms with Gasteiger partial charge in [-0.25, -0.2) is 4.79 Å². The Kier molecular flexibility index (Phi) is 7.94. The normalized spacial score (nSPS) is 13.5. The number of nitrogens with zero attached hydrogens (tertiary/aromatic N) is 4. The van der Waals surface area contributed by atoms with Crippen LogP contribution in [0.2, 0.25) is 0 Å². The average Bonchev–Trinajstić information content (AvgIpc) is 2.82. The van der Waals surface area contributed by atoms with E-state index in [2.05, 4.69) is 24.3 Å². The summed E-state index contributed by atoms with van der Waals surface area (Å²) >= 11 is 0. The second-order valence-corrected chi connectivity index (χ2v) is 4.47. The fourth-order valence-corrected chi connectivity index (χ4v) is 1.65. The number of hydrogen-bond donors (Lipinski definition) is 0. The third-order valence-corrected chi connectivity index (χ3v) is 2.77. The summed E-state index contributed by atoms with van der Waals surface area (Å²) in [5.74, 6) is -1.84. The average molecular weight is 328 g/mol. The molecule has 11 heteroatoms. The molecule has 0 radical (unpaired) electrons. The maximum absolute atomic E-state index is 11.3. The Bertz CT molecular complexity index is 500. The highest BCUT2D eigenvalue weighted by atomic mass is 16.9. The first kappa shape index (κ1) is 18.2. The monoisotopic (exact) mass is 328 g/mol. The third-order valence-electron chi connectivity index (χ3n) is 2.77. The van der Waals surface area contributed by atoms with Crippen LogP contribution in [0.3, 0.4) is 0 Å². The molecule has 0 unspecified atom stereocenters. The lowest BCUT2D eigenvalue weighted by molar-refractivity contribution is -0.182. The van der Waals surface area contributed by atoms with Crippen molar-refractivity contribution in [2.45, 2.75) is 38.5 Å². The van der Waals surface area contributed by atoms with Gasteiger partial charge in [0, 0.05) is 30.7 Å². The van der Waals surface area contributed by atoms with E-state index in [4.69, 9.17) is 5.53 Å². The summed E-state index contributed by atoms with van der Waals surface area (Å²) in [7, 11) is 0. The number of rotatable bonds is 9. The molecule has 23 heavy (non-hydrogen) atoms. The van der Waals surface area contributed by atoms with Crippen LogP contribution in [0.15, 0.2) is 5.11 Å². The molecule has 0 N–H and O–H groups in total. The minimum Gasteiger partial charge on any atom is -0.428 e. The maximum atomic E-state index is 11.3. The molecule has 1 aliphatic rings.